The van der Waals surface area contributed by atoms with Crippen LogP contribution >= 0.6 is 0 Å². The molecule has 0 amide bonds. The average molecular weight is 184 g/mol. The molecular weight excluding hydrogens is 168 g/mol. The minimum absolute atomic E-state index is 0.206. The lowest BCUT2D eigenvalue weighted by Crippen LogP contribution is -1.96. The van der Waals surface area contributed by atoms with Gasteiger partial charge in [0.05, 0.1) is 6.26 Å². The zero-order valence-electron chi connectivity index (χ0n) is 8.12. The molecule has 0 aromatic rings. The Balaban J connectivity index is 0. The lowest BCUT2D eigenvalue weighted by molar-refractivity contribution is -0.137. The normalized spacial score (nSPS) is 10.0. The Labute approximate surface area is 79.4 Å². The summed E-state index contributed by atoms with van der Waals surface area (Å²) >= 11 is 0. The van der Waals surface area contributed by atoms with E-state index < -0.39 is 6.10 Å². The molecule has 0 heterocycles. The van der Waals surface area contributed by atoms with Crippen LogP contribution in [0.3, 0.4) is 0 Å². The summed E-state index contributed by atoms with van der Waals surface area (Å²) < 4.78 is 4.41. The van der Waals surface area contributed by atoms with E-state index in [4.69, 9.17) is 5.11 Å². The van der Waals surface area contributed by atoms with E-state index >= 15 is 0 Å². The predicted octanol–water partition coefficient (Wildman–Crippen LogP) is 1.47. The van der Waals surface area contributed by atoms with E-state index in [1.165, 1.54) is 0 Å². The largest absolute Gasteiger partial charge is 0.435 e. The van der Waals surface area contributed by atoms with E-state index in [1.807, 2.05) is 6.92 Å². The van der Waals surface area contributed by atoms with Gasteiger partial charge in [0.25, 0.3) is 0 Å². The number of aliphatic hydroxyl groups excluding tert-OH is 1. The Morgan fingerprint density at radius 1 is 1.85 bits per heavy atom. The SMILES string of the molecule is C#C[C@H](C)O.C=COC(=O)CCC. The van der Waals surface area contributed by atoms with Gasteiger partial charge in [0.1, 0.15) is 6.10 Å². The molecule has 74 valence electrons. The first-order chi connectivity index (χ1) is 6.08. The fraction of sp³-hybridized carbons (Fsp3) is 0.500. The summed E-state index contributed by atoms with van der Waals surface area (Å²) in [6.45, 7) is 6.70. The van der Waals surface area contributed by atoms with Crippen LogP contribution in [-0.2, 0) is 9.53 Å². The summed E-state index contributed by atoms with van der Waals surface area (Å²) in [6.07, 6.45) is 6.54. The molecule has 0 aliphatic carbocycles. The summed E-state index contributed by atoms with van der Waals surface area (Å²) in [5.41, 5.74) is 0. The highest BCUT2D eigenvalue weighted by Gasteiger charge is 1.94. The van der Waals surface area contributed by atoms with Crippen molar-refractivity contribution in [1.29, 1.82) is 0 Å². The monoisotopic (exact) mass is 184 g/mol. The lowest BCUT2D eigenvalue weighted by atomic mass is 10.3. The summed E-state index contributed by atoms with van der Waals surface area (Å²) in [4.78, 5) is 10.3. The molecule has 3 nitrogen and oxygen atoms in total. The molecular formula is C10H16O3. The number of terminal acetylenes is 1. The van der Waals surface area contributed by atoms with Crippen molar-refractivity contribution in [2.75, 3.05) is 0 Å². The molecule has 3 heteroatoms. The van der Waals surface area contributed by atoms with Crippen LogP contribution in [0.25, 0.3) is 0 Å². The van der Waals surface area contributed by atoms with Gasteiger partial charge in [0, 0.05) is 6.42 Å². The van der Waals surface area contributed by atoms with Crippen LogP contribution in [0.5, 0.6) is 0 Å². The highest BCUT2D eigenvalue weighted by atomic mass is 16.5. The third-order valence-corrected chi connectivity index (χ3v) is 0.910. The van der Waals surface area contributed by atoms with Crippen molar-refractivity contribution in [3.8, 4) is 12.3 Å². The maximum atomic E-state index is 10.3. The smallest absolute Gasteiger partial charge is 0.310 e. The quantitative estimate of drug-likeness (QED) is 0.410. The summed E-state index contributed by atoms with van der Waals surface area (Å²) in [6, 6.07) is 0. The summed E-state index contributed by atoms with van der Waals surface area (Å²) in [5, 5.41) is 8.12. The van der Waals surface area contributed by atoms with Gasteiger partial charge < -0.3 is 9.84 Å². The number of hydrogen-bond acceptors (Lipinski definition) is 3. The predicted molar refractivity (Wildman–Crippen MR) is 51.7 cm³/mol. The van der Waals surface area contributed by atoms with Crippen LogP contribution < -0.4 is 0 Å². The number of aliphatic hydroxyl groups is 1. The second-order valence-electron chi connectivity index (χ2n) is 2.25. The van der Waals surface area contributed by atoms with Crippen LogP contribution in [0.4, 0.5) is 0 Å². The molecule has 0 fully saturated rings. The highest BCUT2D eigenvalue weighted by molar-refractivity contribution is 5.69. The topological polar surface area (TPSA) is 46.5 Å². The fourth-order valence-corrected chi connectivity index (χ4v) is 0.356. The fourth-order valence-electron chi connectivity index (χ4n) is 0.356. The van der Waals surface area contributed by atoms with Crippen LogP contribution in [0.1, 0.15) is 26.7 Å². The van der Waals surface area contributed by atoms with Crippen molar-refractivity contribution in [3.05, 3.63) is 12.8 Å². The molecule has 0 aliphatic rings. The van der Waals surface area contributed by atoms with E-state index in [1.54, 1.807) is 6.92 Å². The Kier molecular flexibility index (Phi) is 11.8. The van der Waals surface area contributed by atoms with Gasteiger partial charge in [-0.1, -0.05) is 19.4 Å². The van der Waals surface area contributed by atoms with Gasteiger partial charge in [-0.05, 0) is 13.3 Å². The molecule has 0 spiro atoms. The Morgan fingerprint density at radius 3 is 2.54 bits per heavy atom. The van der Waals surface area contributed by atoms with Gasteiger partial charge in [-0.2, -0.15) is 0 Å². The molecule has 0 rings (SSSR count). The first kappa shape index (κ1) is 14.3. The Hall–Kier alpha value is -1.27. The van der Waals surface area contributed by atoms with Crippen molar-refractivity contribution in [2.24, 2.45) is 0 Å². The first-order valence-corrected chi connectivity index (χ1v) is 4.03. The van der Waals surface area contributed by atoms with E-state index in [0.29, 0.717) is 6.42 Å². The second-order valence-corrected chi connectivity index (χ2v) is 2.25. The second kappa shape index (κ2) is 10.7. The van der Waals surface area contributed by atoms with Gasteiger partial charge in [0.2, 0.25) is 0 Å². The summed E-state index contributed by atoms with van der Waals surface area (Å²) in [7, 11) is 0. The standard InChI is InChI=1S/C6H10O2.C4H6O/c1-3-5-6(7)8-4-2;1-3-4(2)5/h4H,2-3,5H2,1H3;1,4-5H,2H3/t;4-/m.0/s1. The highest BCUT2D eigenvalue weighted by Crippen LogP contribution is 1.89. The van der Waals surface area contributed by atoms with Crippen molar-refractivity contribution >= 4 is 5.97 Å². The molecule has 1 atom stereocenters. The number of hydrogen-bond donors (Lipinski definition) is 1. The molecule has 0 bridgehead atoms. The molecule has 0 aromatic carbocycles. The van der Waals surface area contributed by atoms with Crippen molar-refractivity contribution < 1.29 is 14.6 Å². The molecule has 0 aliphatic heterocycles. The van der Waals surface area contributed by atoms with Crippen LogP contribution in [0.15, 0.2) is 12.8 Å². The molecule has 0 aromatic heterocycles. The molecule has 0 unspecified atom stereocenters. The number of ether oxygens (including phenoxy) is 1. The number of carbonyl (C=O) groups is 1. The van der Waals surface area contributed by atoms with Gasteiger partial charge in [0.15, 0.2) is 0 Å². The number of esters is 1. The van der Waals surface area contributed by atoms with Crippen LogP contribution in [0.2, 0.25) is 0 Å². The molecule has 0 radical (unpaired) electrons. The lowest BCUT2D eigenvalue weighted by Gasteiger charge is -1.92. The first-order valence-electron chi connectivity index (χ1n) is 4.03. The zero-order chi connectivity index (χ0) is 10.7. The Bertz CT molecular complexity index is 177. The van der Waals surface area contributed by atoms with E-state index in [0.717, 1.165) is 12.7 Å². The summed E-state index contributed by atoms with van der Waals surface area (Å²) in [5.74, 6) is 1.88. The molecule has 1 N–H and O–H groups in total. The van der Waals surface area contributed by atoms with Crippen LogP contribution in [0, 0.1) is 12.3 Å². The maximum Gasteiger partial charge on any atom is 0.310 e. The van der Waals surface area contributed by atoms with Gasteiger partial charge in [-0.25, -0.2) is 0 Å². The van der Waals surface area contributed by atoms with Crippen LogP contribution in [-0.4, -0.2) is 17.2 Å². The zero-order valence-corrected chi connectivity index (χ0v) is 8.12. The molecule has 0 saturated carbocycles. The van der Waals surface area contributed by atoms with Crippen molar-refractivity contribution in [2.45, 2.75) is 32.8 Å². The number of rotatable bonds is 3. The minimum atomic E-state index is -0.588. The van der Waals surface area contributed by atoms with E-state index in [9.17, 15) is 4.79 Å². The third kappa shape index (κ3) is 18.1. The van der Waals surface area contributed by atoms with E-state index in [-0.39, 0.29) is 5.97 Å². The third-order valence-electron chi connectivity index (χ3n) is 0.910. The van der Waals surface area contributed by atoms with Gasteiger partial charge in [-0.15, -0.1) is 6.42 Å². The van der Waals surface area contributed by atoms with Crippen molar-refractivity contribution in [1.82, 2.24) is 0 Å². The molecule has 13 heavy (non-hydrogen) atoms. The van der Waals surface area contributed by atoms with E-state index in [2.05, 4.69) is 23.7 Å². The van der Waals surface area contributed by atoms with Crippen molar-refractivity contribution in [3.63, 3.8) is 0 Å². The average Bonchev–Trinajstić information content (AvgIpc) is 2.06. The van der Waals surface area contributed by atoms with Gasteiger partial charge >= 0.3 is 5.97 Å². The number of carbonyl (C=O) groups excluding carboxylic acids is 1. The maximum absolute atomic E-state index is 10.3. The minimum Gasteiger partial charge on any atom is -0.435 e. The Morgan fingerprint density at radius 2 is 2.31 bits per heavy atom. The molecule has 0 saturated heterocycles. The van der Waals surface area contributed by atoms with Gasteiger partial charge in [-0.3, -0.25) is 4.79 Å².